The number of nitrogens with one attached hydrogen (secondary N) is 1. The fourth-order valence-corrected chi connectivity index (χ4v) is 4.38. The van der Waals surface area contributed by atoms with Gasteiger partial charge in [0.2, 0.25) is 5.91 Å². The molecule has 3 heteroatoms. The standard InChI is InChI=1S/C16H28BrNO/c17-12-16(10-6-7-11-16)13-18-15(19)14-8-4-2-1-3-5-9-14/h14H,1-13H2,(H,18,19). The lowest BCUT2D eigenvalue weighted by Crippen LogP contribution is -2.40. The lowest BCUT2D eigenvalue weighted by Gasteiger charge is -2.28. The summed E-state index contributed by atoms with van der Waals surface area (Å²) in [6, 6.07) is 0. The van der Waals surface area contributed by atoms with E-state index in [9.17, 15) is 4.79 Å². The second-order valence-corrected chi connectivity index (χ2v) is 7.16. The monoisotopic (exact) mass is 329 g/mol. The van der Waals surface area contributed by atoms with Crippen molar-refractivity contribution in [3.63, 3.8) is 0 Å². The zero-order valence-corrected chi connectivity index (χ0v) is 13.6. The molecule has 0 spiro atoms. The lowest BCUT2D eigenvalue weighted by molar-refractivity contribution is -0.126. The van der Waals surface area contributed by atoms with Gasteiger partial charge in [-0.1, -0.05) is 60.9 Å². The molecule has 2 aliphatic carbocycles. The Hall–Kier alpha value is -0.0500. The van der Waals surface area contributed by atoms with Gasteiger partial charge < -0.3 is 5.32 Å². The summed E-state index contributed by atoms with van der Waals surface area (Å²) >= 11 is 3.65. The molecule has 0 aliphatic heterocycles. The van der Waals surface area contributed by atoms with Crippen LogP contribution in [-0.2, 0) is 4.79 Å². The van der Waals surface area contributed by atoms with Gasteiger partial charge in [0.1, 0.15) is 0 Å². The van der Waals surface area contributed by atoms with E-state index in [4.69, 9.17) is 0 Å². The number of hydrogen-bond acceptors (Lipinski definition) is 1. The highest BCUT2D eigenvalue weighted by atomic mass is 79.9. The fourth-order valence-electron chi connectivity index (χ4n) is 3.62. The molecule has 0 aromatic heterocycles. The van der Waals surface area contributed by atoms with Crippen LogP contribution in [0.15, 0.2) is 0 Å². The minimum Gasteiger partial charge on any atom is -0.355 e. The number of amides is 1. The van der Waals surface area contributed by atoms with Crippen LogP contribution in [0.4, 0.5) is 0 Å². The van der Waals surface area contributed by atoms with Crippen molar-refractivity contribution in [1.82, 2.24) is 5.32 Å². The highest BCUT2D eigenvalue weighted by Crippen LogP contribution is 2.39. The van der Waals surface area contributed by atoms with Crippen molar-refractivity contribution in [3.8, 4) is 0 Å². The number of rotatable bonds is 4. The van der Waals surface area contributed by atoms with Gasteiger partial charge in [0.15, 0.2) is 0 Å². The molecule has 2 rings (SSSR count). The van der Waals surface area contributed by atoms with Crippen molar-refractivity contribution in [2.24, 2.45) is 11.3 Å². The summed E-state index contributed by atoms with van der Waals surface area (Å²) in [4.78, 5) is 12.4. The minimum atomic E-state index is 0.286. The summed E-state index contributed by atoms with van der Waals surface area (Å²) in [5.74, 6) is 0.614. The SMILES string of the molecule is O=C(NCC1(CBr)CCCC1)C1CCCCCCC1. The molecule has 2 fully saturated rings. The van der Waals surface area contributed by atoms with E-state index < -0.39 is 0 Å². The Morgan fingerprint density at radius 3 is 2.16 bits per heavy atom. The van der Waals surface area contributed by atoms with Crippen LogP contribution in [0.2, 0.25) is 0 Å². The molecule has 2 nitrogen and oxygen atoms in total. The Morgan fingerprint density at radius 2 is 1.58 bits per heavy atom. The Labute approximate surface area is 126 Å². The highest BCUT2D eigenvalue weighted by Gasteiger charge is 2.33. The van der Waals surface area contributed by atoms with Gasteiger partial charge in [0, 0.05) is 17.8 Å². The Morgan fingerprint density at radius 1 is 1.00 bits per heavy atom. The largest absolute Gasteiger partial charge is 0.355 e. The van der Waals surface area contributed by atoms with Crippen LogP contribution in [0.3, 0.4) is 0 Å². The molecule has 0 aromatic rings. The van der Waals surface area contributed by atoms with E-state index in [2.05, 4.69) is 21.2 Å². The van der Waals surface area contributed by atoms with Gasteiger partial charge in [-0.2, -0.15) is 0 Å². The van der Waals surface area contributed by atoms with Crippen molar-refractivity contribution < 1.29 is 4.79 Å². The van der Waals surface area contributed by atoms with Gasteiger partial charge in [-0.05, 0) is 31.1 Å². The van der Waals surface area contributed by atoms with Crippen LogP contribution in [0.5, 0.6) is 0 Å². The first-order valence-corrected chi connectivity index (χ1v) is 9.22. The van der Waals surface area contributed by atoms with Crippen LogP contribution in [0.1, 0.15) is 70.6 Å². The molecule has 0 radical (unpaired) electrons. The Balaban J connectivity index is 1.79. The van der Waals surface area contributed by atoms with Crippen LogP contribution in [-0.4, -0.2) is 17.8 Å². The van der Waals surface area contributed by atoms with Crippen LogP contribution < -0.4 is 5.32 Å². The number of carbonyl (C=O) groups is 1. The molecule has 1 amide bonds. The summed E-state index contributed by atoms with van der Waals surface area (Å²) in [5.41, 5.74) is 0.345. The first-order chi connectivity index (χ1) is 9.26. The number of hydrogen-bond donors (Lipinski definition) is 1. The topological polar surface area (TPSA) is 29.1 Å². The van der Waals surface area contributed by atoms with Crippen molar-refractivity contribution in [2.75, 3.05) is 11.9 Å². The van der Waals surface area contributed by atoms with E-state index >= 15 is 0 Å². The molecular formula is C16H28BrNO. The van der Waals surface area contributed by atoms with Gasteiger partial charge in [0.25, 0.3) is 0 Å². The minimum absolute atomic E-state index is 0.286. The lowest BCUT2D eigenvalue weighted by atomic mass is 9.87. The molecule has 0 heterocycles. The smallest absolute Gasteiger partial charge is 0.223 e. The van der Waals surface area contributed by atoms with Gasteiger partial charge in [-0.15, -0.1) is 0 Å². The maximum atomic E-state index is 12.4. The number of carbonyl (C=O) groups excluding carboxylic acids is 1. The molecule has 0 aromatic carbocycles. The summed E-state index contributed by atoms with van der Waals surface area (Å²) in [6.07, 6.45) is 13.9. The van der Waals surface area contributed by atoms with Crippen molar-refractivity contribution in [1.29, 1.82) is 0 Å². The van der Waals surface area contributed by atoms with Crippen LogP contribution >= 0.6 is 15.9 Å². The van der Waals surface area contributed by atoms with E-state index in [0.29, 0.717) is 11.3 Å². The molecule has 0 atom stereocenters. The molecular weight excluding hydrogens is 302 g/mol. The highest BCUT2D eigenvalue weighted by molar-refractivity contribution is 9.09. The molecule has 19 heavy (non-hydrogen) atoms. The van der Waals surface area contributed by atoms with Gasteiger partial charge >= 0.3 is 0 Å². The molecule has 0 bridgehead atoms. The van der Waals surface area contributed by atoms with Crippen molar-refractivity contribution in [2.45, 2.75) is 70.6 Å². The zero-order valence-electron chi connectivity index (χ0n) is 12.1. The quantitative estimate of drug-likeness (QED) is 0.760. The fraction of sp³-hybridized carbons (Fsp3) is 0.938. The van der Waals surface area contributed by atoms with Gasteiger partial charge in [-0.3, -0.25) is 4.79 Å². The van der Waals surface area contributed by atoms with Gasteiger partial charge in [-0.25, -0.2) is 0 Å². The average molecular weight is 330 g/mol. The predicted molar refractivity (Wildman–Crippen MR) is 83.5 cm³/mol. The van der Waals surface area contributed by atoms with Crippen LogP contribution in [0.25, 0.3) is 0 Å². The third-order valence-electron chi connectivity index (χ3n) is 5.06. The third kappa shape index (κ3) is 4.47. The predicted octanol–water partition coefficient (Wildman–Crippen LogP) is 4.42. The third-order valence-corrected chi connectivity index (χ3v) is 6.25. The summed E-state index contributed by atoms with van der Waals surface area (Å²) < 4.78 is 0. The summed E-state index contributed by atoms with van der Waals surface area (Å²) in [7, 11) is 0. The van der Waals surface area contributed by atoms with E-state index in [1.807, 2.05) is 0 Å². The Kier molecular flexibility index (Phi) is 6.18. The molecule has 2 saturated carbocycles. The molecule has 110 valence electrons. The van der Waals surface area contributed by atoms with Crippen molar-refractivity contribution >= 4 is 21.8 Å². The van der Waals surface area contributed by atoms with E-state index in [1.165, 1.54) is 57.8 Å². The summed E-state index contributed by atoms with van der Waals surface area (Å²) in [5, 5.41) is 4.30. The second-order valence-electron chi connectivity index (χ2n) is 6.60. The average Bonchev–Trinajstić information content (AvgIpc) is 2.85. The molecule has 0 saturated heterocycles. The first kappa shape index (κ1) is 15.3. The van der Waals surface area contributed by atoms with Crippen molar-refractivity contribution in [3.05, 3.63) is 0 Å². The maximum absolute atomic E-state index is 12.4. The normalized spacial score (nSPS) is 24.7. The first-order valence-electron chi connectivity index (χ1n) is 8.09. The molecule has 0 unspecified atom stereocenters. The second kappa shape index (κ2) is 7.66. The van der Waals surface area contributed by atoms with Gasteiger partial charge in [0.05, 0.1) is 0 Å². The number of alkyl halides is 1. The van der Waals surface area contributed by atoms with E-state index in [0.717, 1.165) is 24.7 Å². The molecule has 1 N–H and O–H groups in total. The van der Waals surface area contributed by atoms with E-state index in [1.54, 1.807) is 0 Å². The summed E-state index contributed by atoms with van der Waals surface area (Å²) in [6.45, 7) is 0.883. The van der Waals surface area contributed by atoms with Crippen LogP contribution in [0, 0.1) is 11.3 Å². The number of halogens is 1. The Bertz CT molecular complexity index is 278. The maximum Gasteiger partial charge on any atom is 0.223 e. The molecule has 2 aliphatic rings. The zero-order chi connectivity index (χ0) is 13.6. The van der Waals surface area contributed by atoms with E-state index in [-0.39, 0.29) is 5.92 Å².